The van der Waals surface area contributed by atoms with Gasteiger partial charge in [-0.2, -0.15) is 0 Å². The zero-order chi connectivity index (χ0) is 15.8. The second-order valence-electron chi connectivity index (χ2n) is 6.85. The molecule has 23 heavy (non-hydrogen) atoms. The minimum atomic E-state index is -0.749. The Morgan fingerprint density at radius 1 is 1.22 bits per heavy atom. The van der Waals surface area contributed by atoms with Gasteiger partial charge in [-0.15, -0.1) is 0 Å². The van der Waals surface area contributed by atoms with E-state index in [0.29, 0.717) is 37.9 Å². The molecule has 1 aliphatic carbocycles. The van der Waals surface area contributed by atoms with E-state index >= 15 is 0 Å². The molecule has 1 aromatic carbocycles. The monoisotopic (exact) mass is 312 g/mol. The largest absolute Gasteiger partial charge is 0.459 e. The number of amides is 2. The van der Waals surface area contributed by atoms with Crippen molar-refractivity contribution < 1.29 is 19.1 Å². The van der Waals surface area contributed by atoms with Crippen molar-refractivity contribution >= 4 is 17.8 Å². The van der Waals surface area contributed by atoms with Crippen LogP contribution >= 0.6 is 0 Å². The summed E-state index contributed by atoms with van der Waals surface area (Å²) in [6, 6.07) is 7.05. The number of benzene rings is 1. The number of nitrogens with zero attached hydrogens (tertiary/aromatic N) is 2. The van der Waals surface area contributed by atoms with Gasteiger partial charge in [0.2, 0.25) is 5.91 Å². The van der Waals surface area contributed by atoms with E-state index < -0.39 is 11.6 Å². The van der Waals surface area contributed by atoms with Gasteiger partial charge in [0, 0.05) is 18.5 Å². The molecule has 1 aromatic rings. The van der Waals surface area contributed by atoms with Gasteiger partial charge in [-0.25, -0.2) is 4.79 Å². The van der Waals surface area contributed by atoms with E-state index in [-0.39, 0.29) is 23.9 Å². The van der Waals surface area contributed by atoms with E-state index in [2.05, 4.69) is 0 Å². The molecule has 6 heteroatoms. The summed E-state index contributed by atoms with van der Waals surface area (Å²) in [5.74, 6) is -0.456. The summed E-state index contributed by atoms with van der Waals surface area (Å²) in [5.41, 5.74) is 0.911. The molecule has 0 radical (unpaired) electrons. The lowest BCUT2D eigenvalue weighted by Gasteiger charge is -2.34. The van der Waals surface area contributed by atoms with Crippen LogP contribution in [0.15, 0.2) is 24.3 Å². The van der Waals surface area contributed by atoms with E-state index in [4.69, 9.17) is 4.74 Å². The van der Waals surface area contributed by atoms with E-state index in [1.165, 1.54) is 0 Å². The molecule has 5 rings (SSSR count). The number of carbonyl (C=O) groups is 3. The van der Waals surface area contributed by atoms with Crippen LogP contribution in [0, 0.1) is 0 Å². The van der Waals surface area contributed by atoms with Crippen LogP contribution < -0.4 is 0 Å². The molecular weight excluding hydrogens is 296 g/mol. The Morgan fingerprint density at radius 2 is 2.00 bits per heavy atom. The summed E-state index contributed by atoms with van der Waals surface area (Å²) in [6.45, 7) is 0.944. The minimum Gasteiger partial charge on any atom is -0.459 e. The molecule has 2 amide bonds. The van der Waals surface area contributed by atoms with E-state index in [1.54, 1.807) is 9.80 Å². The smallest absolute Gasteiger partial charge is 0.329 e. The summed E-state index contributed by atoms with van der Waals surface area (Å²) >= 11 is 0. The highest BCUT2D eigenvalue weighted by Gasteiger charge is 2.62. The SMILES string of the molecule is O=C1OC2CC1N(C(=O)C1(N3Cc4ccccc4C3=O)CC1)C2. The Hall–Kier alpha value is -2.37. The van der Waals surface area contributed by atoms with E-state index in [9.17, 15) is 14.4 Å². The third kappa shape index (κ3) is 1.61. The number of morpholine rings is 1. The quantitative estimate of drug-likeness (QED) is 0.754. The Bertz CT molecular complexity index is 755. The van der Waals surface area contributed by atoms with Crippen molar-refractivity contribution in [2.45, 2.75) is 43.5 Å². The molecule has 2 saturated heterocycles. The van der Waals surface area contributed by atoms with Crippen molar-refractivity contribution in [3.8, 4) is 0 Å². The number of fused-ring (bicyclic) bond motifs is 3. The van der Waals surface area contributed by atoms with E-state index in [0.717, 1.165) is 5.56 Å². The lowest BCUT2D eigenvalue weighted by Crippen LogP contribution is -2.55. The van der Waals surface area contributed by atoms with Crippen LogP contribution in [-0.2, 0) is 20.9 Å². The fourth-order valence-corrected chi connectivity index (χ4v) is 4.16. The normalized spacial score (nSPS) is 29.7. The number of likely N-dealkylation sites (tertiary alicyclic amines) is 1. The van der Waals surface area contributed by atoms with Gasteiger partial charge in [0.15, 0.2) is 0 Å². The topological polar surface area (TPSA) is 66.9 Å². The molecule has 2 unspecified atom stereocenters. The van der Waals surface area contributed by atoms with Crippen LogP contribution in [0.4, 0.5) is 0 Å². The maximum Gasteiger partial charge on any atom is 0.329 e. The fraction of sp³-hybridized carbons (Fsp3) is 0.471. The van der Waals surface area contributed by atoms with Crippen LogP contribution in [-0.4, -0.2) is 51.8 Å². The maximum absolute atomic E-state index is 13.1. The Kier molecular flexibility index (Phi) is 2.35. The van der Waals surface area contributed by atoms with Crippen LogP contribution in [0.3, 0.4) is 0 Å². The molecule has 118 valence electrons. The summed E-state index contributed by atoms with van der Waals surface area (Å²) in [4.78, 5) is 40.9. The van der Waals surface area contributed by atoms with Crippen molar-refractivity contribution in [1.29, 1.82) is 0 Å². The lowest BCUT2D eigenvalue weighted by molar-refractivity contribution is -0.159. The van der Waals surface area contributed by atoms with Crippen LogP contribution in [0.5, 0.6) is 0 Å². The number of ether oxygens (including phenoxy) is 1. The predicted molar refractivity (Wildman–Crippen MR) is 78.3 cm³/mol. The molecule has 4 aliphatic rings. The zero-order valence-corrected chi connectivity index (χ0v) is 12.5. The first-order chi connectivity index (χ1) is 11.1. The van der Waals surface area contributed by atoms with Crippen molar-refractivity contribution in [2.75, 3.05) is 6.54 Å². The Morgan fingerprint density at radius 3 is 2.65 bits per heavy atom. The van der Waals surface area contributed by atoms with Gasteiger partial charge in [0.25, 0.3) is 5.91 Å². The van der Waals surface area contributed by atoms with Gasteiger partial charge >= 0.3 is 5.97 Å². The molecule has 0 aromatic heterocycles. The second-order valence-corrected chi connectivity index (χ2v) is 6.85. The third-order valence-corrected chi connectivity index (χ3v) is 5.54. The number of carbonyl (C=O) groups excluding carboxylic acids is 3. The molecule has 3 heterocycles. The number of hydrogen-bond acceptors (Lipinski definition) is 4. The lowest BCUT2D eigenvalue weighted by atomic mass is 10.1. The minimum absolute atomic E-state index is 0.0709. The van der Waals surface area contributed by atoms with Gasteiger partial charge in [0.05, 0.1) is 6.54 Å². The van der Waals surface area contributed by atoms with Gasteiger partial charge in [-0.1, -0.05) is 18.2 Å². The highest BCUT2D eigenvalue weighted by molar-refractivity contribution is 6.04. The van der Waals surface area contributed by atoms with E-state index in [1.807, 2.05) is 24.3 Å². The van der Waals surface area contributed by atoms with Crippen LogP contribution in [0.2, 0.25) is 0 Å². The number of hydrogen-bond donors (Lipinski definition) is 0. The van der Waals surface area contributed by atoms with Crippen molar-refractivity contribution in [3.63, 3.8) is 0 Å². The first-order valence-corrected chi connectivity index (χ1v) is 8.02. The Labute approximate surface area is 133 Å². The zero-order valence-electron chi connectivity index (χ0n) is 12.5. The predicted octanol–water partition coefficient (Wildman–Crippen LogP) is 0.701. The fourth-order valence-electron chi connectivity index (χ4n) is 4.16. The molecule has 6 nitrogen and oxygen atoms in total. The van der Waals surface area contributed by atoms with Gasteiger partial charge in [-0.05, 0) is 24.5 Å². The molecule has 2 bridgehead atoms. The first kappa shape index (κ1) is 13.1. The standard InChI is InChI=1S/C17H16N2O4/c20-14-12-4-2-1-3-10(12)8-19(14)17(5-6-17)16(22)18-9-11-7-13(18)15(21)23-11/h1-4,11,13H,5-9H2. The summed E-state index contributed by atoms with van der Waals surface area (Å²) in [5, 5.41) is 0. The molecule has 3 fully saturated rings. The average molecular weight is 312 g/mol. The second kappa shape index (κ2) is 4.13. The van der Waals surface area contributed by atoms with Crippen molar-refractivity contribution in [2.24, 2.45) is 0 Å². The number of rotatable bonds is 2. The summed E-state index contributed by atoms with van der Waals surface area (Å²) < 4.78 is 5.16. The molecule has 1 saturated carbocycles. The van der Waals surface area contributed by atoms with Gasteiger partial charge in [-0.3, -0.25) is 9.59 Å². The van der Waals surface area contributed by atoms with Crippen molar-refractivity contribution in [3.05, 3.63) is 35.4 Å². The molecule has 0 spiro atoms. The van der Waals surface area contributed by atoms with Crippen molar-refractivity contribution in [1.82, 2.24) is 9.80 Å². The Balaban J connectivity index is 1.44. The highest BCUT2D eigenvalue weighted by atomic mass is 16.6. The average Bonchev–Trinajstić information content (AvgIpc) is 2.96. The molecule has 2 atom stereocenters. The third-order valence-electron chi connectivity index (χ3n) is 5.54. The van der Waals surface area contributed by atoms with Crippen LogP contribution in [0.1, 0.15) is 35.2 Å². The highest BCUT2D eigenvalue weighted by Crippen LogP contribution is 2.48. The summed E-state index contributed by atoms with van der Waals surface area (Å²) in [7, 11) is 0. The maximum atomic E-state index is 13.1. The number of esters is 1. The first-order valence-electron chi connectivity index (χ1n) is 8.02. The van der Waals surface area contributed by atoms with Crippen LogP contribution in [0.25, 0.3) is 0 Å². The summed E-state index contributed by atoms with van der Waals surface area (Å²) in [6.07, 6.45) is 1.77. The molecule has 0 N–H and O–H groups in total. The molecule has 3 aliphatic heterocycles. The van der Waals surface area contributed by atoms with Gasteiger partial charge in [0.1, 0.15) is 17.7 Å². The molecular formula is C17H16N2O4. The van der Waals surface area contributed by atoms with Gasteiger partial charge < -0.3 is 14.5 Å².